The van der Waals surface area contributed by atoms with Crippen LogP contribution in [0.25, 0.3) is 0 Å². The Bertz CT molecular complexity index is 545. The molecule has 2 rings (SSSR count). The van der Waals surface area contributed by atoms with Crippen LogP contribution < -0.4 is 5.32 Å². The van der Waals surface area contributed by atoms with E-state index >= 15 is 0 Å². The Morgan fingerprint density at radius 2 is 0.952 bits per heavy atom. The predicted molar refractivity (Wildman–Crippen MR) is 93.7 cm³/mol. The third-order valence-electron chi connectivity index (χ3n) is 4.22. The number of benzene rings is 2. The Labute approximate surface area is 129 Å². The highest BCUT2D eigenvalue weighted by atomic mass is 14.9. The van der Waals surface area contributed by atoms with Gasteiger partial charge in [-0.05, 0) is 72.2 Å². The highest BCUT2D eigenvalue weighted by Crippen LogP contribution is 2.23. The molecule has 21 heavy (non-hydrogen) atoms. The lowest BCUT2D eigenvalue weighted by Gasteiger charge is -2.13. The van der Waals surface area contributed by atoms with Gasteiger partial charge in [0.2, 0.25) is 0 Å². The van der Waals surface area contributed by atoms with Gasteiger partial charge in [0.1, 0.15) is 0 Å². The van der Waals surface area contributed by atoms with E-state index in [4.69, 9.17) is 0 Å². The fourth-order valence-corrected chi connectivity index (χ4v) is 2.92. The molecule has 0 radical (unpaired) electrons. The summed E-state index contributed by atoms with van der Waals surface area (Å²) in [7, 11) is 0. The van der Waals surface area contributed by atoms with E-state index in [1.54, 1.807) is 0 Å². The highest BCUT2D eigenvalue weighted by Gasteiger charge is 2.04. The zero-order chi connectivity index (χ0) is 15.2. The van der Waals surface area contributed by atoms with E-state index in [9.17, 15) is 0 Å². The summed E-state index contributed by atoms with van der Waals surface area (Å²) < 4.78 is 0. The average Bonchev–Trinajstić information content (AvgIpc) is 2.54. The number of anilines is 2. The second-order valence-electron chi connectivity index (χ2n) is 5.51. The Hall–Kier alpha value is -1.76. The van der Waals surface area contributed by atoms with Gasteiger partial charge in [0.25, 0.3) is 0 Å². The Balaban J connectivity index is 2.25. The molecule has 0 amide bonds. The van der Waals surface area contributed by atoms with Crippen LogP contribution in [0.3, 0.4) is 0 Å². The van der Waals surface area contributed by atoms with Gasteiger partial charge in [-0.2, -0.15) is 0 Å². The van der Waals surface area contributed by atoms with Crippen LogP contribution in [-0.4, -0.2) is 0 Å². The van der Waals surface area contributed by atoms with Gasteiger partial charge in [0.15, 0.2) is 0 Å². The number of rotatable bonds is 6. The fourth-order valence-electron chi connectivity index (χ4n) is 2.92. The summed E-state index contributed by atoms with van der Waals surface area (Å²) in [6, 6.07) is 13.5. The summed E-state index contributed by atoms with van der Waals surface area (Å²) in [5.74, 6) is 0. The van der Waals surface area contributed by atoms with Crippen molar-refractivity contribution in [2.45, 2.75) is 53.4 Å². The third-order valence-corrected chi connectivity index (χ3v) is 4.22. The van der Waals surface area contributed by atoms with Crippen LogP contribution in [0, 0.1) is 0 Å². The van der Waals surface area contributed by atoms with Crippen molar-refractivity contribution >= 4 is 11.4 Å². The Kier molecular flexibility index (Phi) is 5.44. The fraction of sp³-hybridized carbons (Fsp3) is 0.400. The molecule has 0 aromatic heterocycles. The molecule has 0 fully saturated rings. The smallest absolute Gasteiger partial charge is 0.0387 e. The molecule has 0 saturated carbocycles. The lowest BCUT2D eigenvalue weighted by atomic mass is 10.0. The second-order valence-corrected chi connectivity index (χ2v) is 5.51. The standard InChI is InChI=1S/C20H27N/c1-5-15-9-11-19(13-17(15)7-3)21-20-12-10-16(6-2)18(8-4)14-20/h9-14,21H,5-8H2,1-4H3. The summed E-state index contributed by atoms with van der Waals surface area (Å²) in [5, 5.41) is 3.56. The van der Waals surface area contributed by atoms with Crippen LogP contribution in [0.4, 0.5) is 11.4 Å². The van der Waals surface area contributed by atoms with Crippen molar-refractivity contribution in [3.8, 4) is 0 Å². The zero-order valence-corrected chi connectivity index (χ0v) is 13.8. The molecule has 112 valence electrons. The van der Waals surface area contributed by atoms with Gasteiger partial charge in [-0.15, -0.1) is 0 Å². The maximum atomic E-state index is 3.56. The first-order valence-corrected chi connectivity index (χ1v) is 8.22. The number of aryl methyl sites for hydroxylation is 4. The summed E-state index contributed by atoms with van der Waals surface area (Å²) in [5.41, 5.74) is 8.19. The zero-order valence-electron chi connectivity index (χ0n) is 13.8. The van der Waals surface area contributed by atoms with E-state index in [0.29, 0.717) is 0 Å². The van der Waals surface area contributed by atoms with E-state index in [1.165, 1.54) is 33.6 Å². The third kappa shape index (κ3) is 3.66. The quantitative estimate of drug-likeness (QED) is 0.718. The van der Waals surface area contributed by atoms with Gasteiger partial charge >= 0.3 is 0 Å². The predicted octanol–water partition coefficient (Wildman–Crippen LogP) is 5.68. The molecule has 1 nitrogen and oxygen atoms in total. The van der Waals surface area contributed by atoms with Gasteiger partial charge in [-0.25, -0.2) is 0 Å². The van der Waals surface area contributed by atoms with Gasteiger partial charge in [0, 0.05) is 11.4 Å². The molecule has 0 atom stereocenters. The second kappa shape index (κ2) is 7.31. The van der Waals surface area contributed by atoms with Crippen LogP contribution in [0.2, 0.25) is 0 Å². The van der Waals surface area contributed by atoms with E-state index < -0.39 is 0 Å². The molecule has 2 aromatic carbocycles. The van der Waals surface area contributed by atoms with E-state index in [1.807, 2.05) is 0 Å². The lowest BCUT2D eigenvalue weighted by molar-refractivity contribution is 1.03. The normalized spacial score (nSPS) is 10.7. The van der Waals surface area contributed by atoms with Crippen LogP contribution in [0.1, 0.15) is 49.9 Å². The van der Waals surface area contributed by atoms with Crippen molar-refractivity contribution in [1.29, 1.82) is 0 Å². The number of hydrogen-bond donors (Lipinski definition) is 1. The van der Waals surface area contributed by atoms with Crippen molar-refractivity contribution < 1.29 is 0 Å². The summed E-state index contributed by atoms with van der Waals surface area (Å²) in [4.78, 5) is 0. The van der Waals surface area contributed by atoms with Crippen molar-refractivity contribution in [3.05, 3.63) is 58.7 Å². The van der Waals surface area contributed by atoms with Crippen molar-refractivity contribution in [2.75, 3.05) is 5.32 Å². The van der Waals surface area contributed by atoms with Crippen LogP contribution >= 0.6 is 0 Å². The molecule has 0 heterocycles. The minimum Gasteiger partial charge on any atom is -0.356 e. The molecular formula is C20H27N. The van der Waals surface area contributed by atoms with Crippen LogP contribution in [0.5, 0.6) is 0 Å². The Morgan fingerprint density at radius 1 is 0.571 bits per heavy atom. The van der Waals surface area contributed by atoms with Gasteiger partial charge < -0.3 is 5.32 Å². The lowest BCUT2D eigenvalue weighted by Crippen LogP contribution is -1.97. The number of nitrogens with one attached hydrogen (secondary N) is 1. The maximum absolute atomic E-state index is 3.56. The maximum Gasteiger partial charge on any atom is 0.0387 e. The van der Waals surface area contributed by atoms with Crippen molar-refractivity contribution in [1.82, 2.24) is 0 Å². The van der Waals surface area contributed by atoms with Crippen molar-refractivity contribution in [2.24, 2.45) is 0 Å². The molecule has 0 bridgehead atoms. The van der Waals surface area contributed by atoms with Crippen LogP contribution in [-0.2, 0) is 25.7 Å². The first-order chi connectivity index (χ1) is 10.2. The largest absolute Gasteiger partial charge is 0.356 e. The molecule has 0 aliphatic carbocycles. The topological polar surface area (TPSA) is 12.0 Å². The minimum absolute atomic E-state index is 1.09. The highest BCUT2D eigenvalue weighted by molar-refractivity contribution is 5.62. The summed E-state index contributed by atoms with van der Waals surface area (Å²) >= 11 is 0. The molecule has 1 N–H and O–H groups in total. The molecular weight excluding hydrogens is 254 g/mol. The molecule has 0 unspecified atom stereocenters. The van der Waals surface area contributed by atoms with Gasteiger partial charge in [-0.3, -0.25) is 0 Å². The SMILES string of the molecule is CCc1ccc(Nc2ccc(CC)c(CC)c2)cc1CC. The van der Waals surface area contributed by atoms with E-state index in [2.05, 4.69) is 69.4 Å². The number of hydrogen-bond acceptors (Lipinski definition) is 1. The van der Waals surface area contributed by atoms with E-state index in [0.717, 1.165) is 25.7 Å². The van der Waals surface area contributed by atoms with Crippen molar-refractivity contribution in [3.63, 3.8) is 0 Å². The molecule has 0 aliphatic heterocycles. The van der Waals surface area contributed by atoms with E-state index in [-0.39, 0.29) is 0 Å². The molecule has 2 aromatic rings. The van der Waals surface area contributed by atoms with Gasteiger partial charge in [0.05, 0.1) is 0 Å². The average molecular weight is 281 g/mol. The monoisotopic (exact) mass is 281 g/mol. The molecule has 0 saturated heterocycles. The first-order valence-electron chi connectivity index (χ1n) is 8.22. The first kappa shape index (κ1) is 15.6. The molecule has 0 aliphatic rings. The van der Waals surface area contributed by atoms with Crippen LogP contribution in [0.15, 0.2) is 36.4 Å². The molecule has 0 spiro atoms. The Morgan fingerprint density at radius 3 is 1.29 bits per heavy atom. The van der Waals surface area contributed by atoms with Gasteiger partial charge in [-0.1, -0.05) is 39.8 Å². The molecule has 1 heteroatoms. The summed E-state index contributed by atoms with van der Waals surface area (Å²) in [6.07, 6.45) is 4.39. The summed E-state index contributed by atoms with van der Waals surface area (Å²) in [6.45, 7) is 8.89. The minimum atomic E-state index is 1.09.